The van der Waals surface area contributed by atoms with Gasteiger partial charge in [0.15, 0.2) is 0 Å². The lowest BCUT2D eigenvalue weighted by Crippen LogP contribution is -2.01. The van der Waals surface area contributed by atoms with Crippen LogP contribution in [0.25, 0.3) is 0 Å². The summed E-state index contributed by atoms with van der Waals surface area (Å²) in [5, 5.41) is 21.7. The van der Waals surface area contributed by atoms with Crippen LogP contribution in [0.3, 0.4) is 0 Å². The fraction of sp³-hybridized carbons (Fsp3) is 0.273. The van der Waals surface area contributed by atoms with Crippen molar-refractivity contribution in [2.45, 2.75) is 28.9 Å². The molecule has 1 N–H and O–H groups in total. The molecule has 0 unspecified atom stereocenters. The van der Waals surface area contributed by atoms with Crippen LogP contribution in [0.4, 0.5) is 0 Å². The Hall–Kier alpha value is -1.60. The maximum Gasteiger partial charge on any atom is 0.336 e. The second kappa shape index (κ2) is 4.82. The molecule has 6 nitrogen and oxygen atoms in total. The van der Waals surface area contributed by atoms with Crippen molar-refractivity contribution in [3.05, 3.63) is 28.8 Å². The van der Waals surface area contributed by atoms with Crippen LogP contribution >= 0.6 is 23.4 Å². The number of benzene rings is 1. The molecular weight excluding hydrogens is 288 g/mol. The van der Waals surface area contributed by atoms with Crippen molar-refractivity contribution in [1.29, 1.82) is 0 Å². The topological polar surface area (TPSA) is 80.9 Å². The summed E-state index contributed by atoms with van der Waals surface area (Å²) in [6.07, 6.45) is 2.11. The number of aromatic carboxylic acids is 1. The molecule has 1 saturated carbocycles. The predicted octanol–water partition coefficient (Wildman–Crippen LogP) is 2.51. The summed E-state index contributed by atoms with van der Waals surface area (Å²) < 4.78 is 1.73. The molecule has 0 spiro atoms. The largest absolute Gasteiger partial charge is 0.478 e. The second-order valence-corrected chi connectivity index (χ2v) is 5.63. The van der Waals surface area contributed by atoms with Gasteiger partial charge in [0.05, 0.1) is 11.6 Å². The van der Waals surface area contributed by atoms with E-state index in [0.717, 1.165) is 12.8 Å². The van der Waals surface area contributed by atoms with Crippen LogP contribution in [0.1, 0.15) is 29.2 Å². The van der Waals surface area contributed by atoms with Gasteiger partial charge in [-0.25, -0.2) is 9.48 Å². The van der Waals surface area contributed by atoms with E-state index >= 15 is 0 Å². The Bertz CT molecular complexity index is 641. The van der Waals surface area contributed by atoms with E-state index in [1.54, 1.807) is 16.8 Å². The highest BCUT2D eigenvalue weighted by Crippen LogP contribution is 2.39. The van der Waals surface area contributed by atoms with Gasteiger partial charge in [0.1, 0.15) is 0 Å². The summed E-state index contributed by atoms with van der Waals surface area (Å²) in [4.78, 5) is 11.7. The molecule has 8 heteroatoms. The number of carbonyl (C=O) groups is 1. The minimum Gasteiger partial charge on any atom is -0.478 e. The average Bonchev–Trinajstić information content (AvgIpc) is 3.10. The highest BCUT2D eigenvalue weighted by molar-refractivity contribution is 7.99. The van der Waals surface area contributed by atoms with Gasteiger partial charge < -0.3 is 5.11 Å². The zero-order valence-electron chi connectivity index (χ0n) is 9.65. The Kier molecular flexibility index (Phi) is 3.16. The Labute approximate surface area is 117 Å². The van der Waals surface area contributed by atoms with Crippen molar-refractivity contribution in [3.8, 4) is 0 Å². The van der Waals surface area contributed by atoms with Crippen LogP contribution < -0.4 is 0 Å². The van der Waals surface area contributed by atoms with Crippen LogP contribution in [0.5, 0.6) is 0 Å². The van der Waals surface area contributed by atoms with E-state index < -0.39 is 5.97 Å². The molecule has 3 rings (SSSR count). The summed E-state index contributed by atoms with van der Waals surface area (Å²) in [7, 11) is 0. The number of carboxylic acids is 1. The number of hydrogen-bond acceptors (Lipinski definition) is 5. The van der Waals surface area contributed by atoms with Crippen molar-refractivity contribution >= 4 is 29.3 Å². The lowest BCUT2D eigenvalue weighted by molar-refractivity contribution is 0.0693. The molecule has 0 saturated heterocycles. The molecule has 0 aliphatic heterocycles. The average molecular weight is 297 g/mol. The lowest BCUT2D eigenvalue weighted by atomic mass is 10.2. The smallest absolute Gasteiger partial charge is 0.336 e. The normalized spacial score (nSPS) is 14.6. The summed E-state index contributed by atoms with van der Waals surface area (Å²) in [6, 6.07) is 4.99. The van der Waals surface area contributed by atoms with E-state index in [1.165, 1.54) is 17.8 Å². The van der Waals surface area contributed by atoms with Crippen molar-refractivity contribution in [3.63, 3.8) is 0 Å². The van der Waals surface area contributed by atoms with Gasteiger partial charge in [-0.05, 0) is 53.2 Å². The second-order valence-electron chi connectivity index (χ2n) is 4.18. The van der Waals surface area contributed by atoms with Crippen molar-refractivity contribution in [2.75, 3.05) is 0 Å². The molecule has 0 radical (unpaired) electrons. The first-order valence-corrected chi connectivity index (χ1v) is 6.83. The van der Waals surface area contributed by atoms with E-state index in [0.29, 0.717) is 21.1 Å². The Morgan fingerprint density at radius 2 is 2.26 bits per heavy atom. The third-order valence-corrected chi connectivity index (χ3v) is 3.97. The molecule has 0 amide bonds. The number of hydrogen-bond donors (Lipinski definition) is 1. The Morgan fingerprint density at radius 1 is 1.47 bits per heavy atom. The van der Waals surface area contributed by atoms with Crippen LogP contribution in [-0.2, 0) is 0 Å². The lowest BCUT2D eigenvalue weighted by Gasteiger charge is -2.06. The van der Waals surface area contributed by atoms with Crippen molar-refractivity contribution in [2.24, 2.45) is 0 Å². The molecule has 1 aromatic carbocycles. The summed E-state index contributed by atoms with van der Waals surface area (Å²) in [6.45, 7) is 0. The molecule has 1 aliphatic carbocycles. The molecule has 1 aliphatic rings. The number of rotatable bonds is 4. The van der Waals surface area contributed by atoms with E-state index in [1.807, 2.05) is 0 Å². The monoisotopic (exact) mass is 296 g/mol. The minimum atomic E-state index is -0.996. The maximum absolute atomic E-state index is 11.2. The SMILES string of the molecule is O=C(O)c1ccc(Cl)cc1Sc1nnnn1C1CC1. The fourth-order valence-corrected chi connectivity index (χ4v) is 2.90. The Morgan fingerprint density at radius 3 is 2.95 bits per heavy atom. The van der Waals surface area contributed by atoms with E-state index in [2.05, 4.69) is 15.5 Å². The summed E-state index contributed by atoms with van der Waals surface area (Å²) >= 11 is 7.13. The van der Waals surface area contributed by atoms with E-state index in [-0.39, 0.29) is 5.56 Å². The molecule has 0 atom stereocenters. The minimum absolute atomic E-state index is 0.194. The zero-order valence-corrected chi connectivity index (χ0v) is 11.2. The highest BCUT2D eigenvalue weighted by atomic mass is 35.5. The first-order valence-electron chi connectivity index (χ1n) is 5.63. The van der Waals surface area contributed by atoms with Gasteiger partial charge in [-0.15, -0.1) is 5.10 Å². The molecule has 0 bridgehead atoms. The predicted molar refractivity (Wildman–Crippen MR) is 68.6 cm³/mol. The van der Waals surface area contributed by atoms with Crippen LogP contribution in [0.15, 0.2) is 28.3 Å². The standard InChI is InChI=1S/C11H9ClN4O2S/c12-6-1-4-8(10(17)18)9(5-6)19-11-13-14-15-16(11)7-2-3-7/h1,4-5,7H,2-3H2,(H,17,18). The quantitative estimate of drug-likeness (QED) is 0.933. The third kappa shape index (κ3) is 2.57. The molecule has 19 heavy (non-hydrogen) atoms. The number of tetrazole rings is 1. The van der Waals surface area contributed by atoms with Gasteiger partial charge in [-0.3, -0.25) is 0 Å². The molecule has 1 fully saturated rings. The first kappa shape index (κ1) is 12.4. The number of halogens is 1. The van der Waals surface area contributed by atoms with E-state index in [9.17, 15) is 4.79 Å². The van der Waals surface area contributed by atoms with Gasteiger partial charge in [-0.1, -0.05) is 11.6 Å². The zero-order chi connectivity index (χ0) is 13.4. The van der Waals surface area contributed by atoms with Gasteiger partial charge in [0.25, 0.3) is 0 Å². The maximum atomic E-state index is 11.2. The van der Waals surface area contributed by atoms with Crippen molar-refractivity contribution < 1.29 is 9.90 Å². The summed E-state index contributed by atoms with van der Waals surface area (Å²) in [5.41, 5.74) is 0.194. The number of carboxylic acid groups (broad SMARTS) is 1. The third-order valence-electron chi connectivity index (χ3n) is 2.73. The van der Waals surface area contributed by atoms with Crippen LogP contribution in [0.2, 0.25) is 5.02 Å². The van der Waals surface area contributed by atoms with Gasteiger partial charge in [0.2, 0.25) is 5.16 Å². The van der Waals surface area contributed by atoms with Gasteiger partial charge in [0, 0.05) is 9.92 Å². The molecule has 1 aromatic heterocycles. The summed E-state index contributed by atoms with van der Waals surface area (Å²) in [5.74, 6) is -0.996. The molecular formula is C11H9ClN4O2S. The molecule has 1 heterocycles. The van der Waals surface area contributed by atoms with Gasteiger partial charge in [-0.2, -0.15) is 0 Å². The van der Waals surface area contributed by atoms with Crippen LogP contribution in [0, 0.1) is 0 Å². The van der Waals surface area contributed by atoms with Crippen molar-refractivity contribution in [1.82, 2.24) is 20.2 Å². The van der Waals surface area contributed by atoms with E-state index in [4.69, 9.17) is 16.7 Å². The van der Waals surface area contributed by atoms with Crippen LogP contribution in [-0.4, -0.2) is 31.3 Å². The Balaban J connectivity index is 1.95. The molecule has 98 valence electrons. The first-order chi connectivity index (χ1) is 9.15. The van der Waals surface area contributed by atoms with Gasteiger partial charge >= 0.3 is 5.97 Å². The number of aromatic nitrogens is 4. The highest BCUT2D eigenvalue weighted by Gasteiger charge is 2.28. The number of nitrogens with zero attached hydrogens (tertiary/aromatic N) is 4. The fourth-order valence-electron chi connectivity index (χ4n) is 1.66. The molecule has 2 aromatic rings.